The fourth-order valence-electron chi connectivity index (χ4n) is 2.62. The van der Waals surface area contributed by atoms with Crippen molar-refractivity contribution in [3.63, 3.8) is 0 Å². The summed E-state index contributed by atoms with van der Waals surface area (Å²) in [6, 6.07) is 6.60. The van der Waals surface area contributed by atoms with Crippen LogP contribution in [0, 0.1) is 5.82 Å². The number of nitrogens with zero attached hydrogens (tertiary/aromatic N) is 4. The van der Waals surface area contributed by atoms with Crippen LogP contribution in [0.4, 0.5) is 10.1 Å². The topological polar surface area (TPSA) is 51.2 Å². The molecule has 1 aromatic rings. The number of nitrogens with one attached hydrogen (secondary N) is 1. The summed E-state index contributed by atoms with van der Waals surface area (Å²) >= 11 is 0. The van der Waals surface area contributed by atoms with Gasteiger partial charge in [0.1, 0.15) is 12.4 Å². The van der Waals surface area contributed by atoms with Crippen LogP contribution in [0.15, 0.2) is 29.3 Å². The zero-order chi connectivity index (χ0) is 18.2. The Bertz CT molecular complexity index is 586. The van der Waals surface area contributed by atoms with Crippen molar-refractivity contribution in [3.05, 3.63) is 30.1 Å². The number of carbonyl (C=O) groups excluding carboxylic acids is 1. The first-order valence-electron chi connectivity index (χ1n) is 8.75. The average molecular weight is 477 g/mol. The van der Waals surface area contributed by atoms with Crippen LogP contribution in [0.3, 0.4) is 0 Å². The van der Waals surface area contributed by atoms with E-state index < -0.39 is 0 Å². The molecule has 6 nitrogen and oxygen atoms in total. The zero-order valence-electron chi connectivity index (χ0n) is 15.7. The Hall–Kier alpha value is -1.58. The van der Waals surface area contributed by atoms with Crippen LogP contribution >= 0.6 is 24.0 Å². The highest BCUT2D eigenvalue weighted by atomic mass is 127. The summed E-state index contributed by atoms with van der Waals surface area (Å²) in [5.41, 5.74) is 1.03. The van der Waals surface area contributed by atoms with E-state index in [1.54, 1.807) is 19.0 Å². The predicted molar refractivity (Wildman–Crippen MR) is 115 cm³/mol. The summed E-state index contributed by atoms with van der Waals surface area (Å²) in [6.45, 7) is 6.36. The number of hydrogen-bond acceptors (Lipinski definition) is 3. The van der Waals surface area contributed by atoms with Gasteiger partial charge in [-0.05, 0) is 30.7 Å². The molecule has 1 heterocycles. The molecule has 1 aromatic carbocycles. The largest absolute Gasteiger partial charge is 0.368 e. The second kappa shape index (κ2) is 11.2. The molecule has 8 heteroatoms. The highest BCUT2D eigenvalue weighted by Crippen LogP contribution is 2.16. The average Bonchev–Trinajstić information content (AvgIpc) is 2.62. The molecule has 0 unspecified atom stereocenters. The van der Waals surface area contributed by atoms with Gasteiger partial charge in [0.15, 0.2) is 5.96 Å². The lowest BCUT2D eigenvalue weighted by Gasteiger charge is -2.37. The third-order valence-electron chi connectivity index (χ3n) is 4.17. The highest BCUT2D eigenvalue weighted by Gasteiger charge is 2.20. The number of rotatable bonds is 5. The van der Waals surface area contributed by atoms with Crippen molar-refractivity contribution in [2.24, 2.45) is 4.99 Å². The number of hydrogen-bond donors (Lipinski definition) is 1. The number of likely N-dealkylation sites (N-methyl/N-ethyl adjacent to an activating group) is 1. The van der Waals surface area contributed by atoms with E-state index in [2.05, 4.69) is 27.0 Å². The summed E-state index contributed by atoms with van der Waals surface area (Å²) in [4.78, 5) is 22.3. The van der Waals surface area contributed by atoms with Crippen molar-refractivity contribution < 1.29 is 9.18 Å². The van der Waals surface area contributed by atoms with Gasteiger partial charge in [0, 0.05) is 52.5 Å². The molecule has 1 saturated heterocycles. The quantitative estimate of drug-likeness (QED) is 0.401. The third kappa shape index (κ3) is 6.62. The van der Waals surface area contributed by atoms with E-state index in [0.29, 0.717) is 0 Å². The van der Waals surface area contributed by atoms with Crippen molar-refractivity contribution in [3.8, 4) is 0 Å². The summed E-state index contributed by atoms with van der Waals surface area (Å²) in [7, 11) is 3.47. The van der Waals surface area contributed by atoms with Gasteiger partial charge < -0.3 is 20.0 Å². The number of aliphatic imine (C=N–C) groups is 1. The number of amides is 1. The van der Waals surface area contributed by atoms with Gasteiger partial charge in [-0.1, -0.05) is 6.92 Å². The van der Waals surface area contributed by atoms with Crippen molar-refractivity contribution in [1.82, 2.24) is 15.1 Å². The predicted octanol–water partition coefficient (Wildman–Crippen LogP) is 2.01. The number of halogens is 2. The van der Waals surface area contributed by atoms with Gasteiger partial charge >= 0.3 is 0 Å². The molecule has 0 bridgehead atoms. The van der Waals surface area contributed by atoms with E-state index >= 15 is 0 Å². The van der Waals surface area contributed by atoms with Gasteiger partial charge in [0.2, 0.25) is 5.91 Å². The molecule has 146 valence electrons. The van der Waals surface area contributed by atoms with Crippen LogP contribution in [-0.4, -0.2) is 75.0 Å². The summed E-state index contributed by atoms with van der Waals surface area (Å²) < 4.78 is 13.1. The van der Waals surface area contributed by atoms with E-state index in [1.807, 2.05) is 12.1 Å². The standard InChI is InChI=1S/C18H28FN5O.HI/c1-4-9-20-18(21-14-17(25)22(2)3)24-12-10-23(11-13-24)16-7-5-15(19)6-8-16;/h5-8H,4,9-14H2,1-3H3,(H,20,21);1H. The van der Waals surface area contributed by atoms with Gasteiger partial charge in [-0.3, -0.25) is 4.79 Å². The summed E-state index contributed by atoms with van der Waals surface area (Å²) in [6.07, 6.45) is 0.996. The number of anilines is 1. The molecule has 26 heavy (non-hydrogen) atoms. The van der Waals surface area contributed by atoms with E-state index in [0.717, 1.165) is 50.8 Å². The first-order chi connectivity index (χ1) is 12.0. The van der Waals surface area contributed by atoms with Crippen LogP contribution in [0.5, 0.6) is 0 Å². The van der Waals surface area contributed by atoms with Crippen LogP contribution in [0.1, 0.15) is 13.3 Å². The van der Waals surface area contributed by atoms with Crippen molar-refractivity contribution in [2.45, 2.75) is 13.3 Å². The molecule has 1 N–H and O–H groups in total. The molecule has 0 atom stereocenters. The Morgan fingerprint density at radius 1 is 1.19 bits per heavy atom. The van der Waals surface area contributed by atoms with Gasteiger partial charge in [-0.2, -0.15) is 0 Å². The molecular weight excluding hydrogens is 448 g/mol. The van der Waals surface area contributed by atoms with Crippen LogP contribution in [-0.2, 0) is 4.79 Å². The zero-order valence-corrected chi connectivity index (χ0v) is 18.1. The fraction of sp³-hybridized carbons (Fsp3) is 0.556. The lowest BCUT2D eigenvalue weighted by Crippen LogP contribution is -2.53. The maximum absolute atomic E-state index is 13.1. The first-order valence-corrected chi connectivity index (χ1v) is 8.75. The van der Waals surface area contributed by atoms with E-state index in [-0.39, 0.29) is 42.2 Å². The van der Waals surface area contributed by atoms with Gasteiger partial charge in [0.05, 0.1) is 0 Å². The minimum absolute atomic E-state index is 0. The normalized spacial score (nSPS) is 14.7. The number of guanidine groups is 1. The maximum atomic E-state index is 13.1. The van der Waals surface area contributed by atoms with Crippen LogP contribution in [0.2, 0.25) is 0 Å². The SMILES string of the molecule is CCCNC(=NCC(=O)N(C)C)N1CCN(c2ccc(F)cc2)CC1.I. The van der Waals surface area contributed by atoms with Crippen molar-refractivity contribution >= 4 is 41.5 Å². The Balaban J connectivity index is 0.00000338. The lowest BCUT2D eigenvalue weighted by molar-refractivity contribution is -0.127. The molecule has 1 amide bonds. The number of carbonyl (C=O) groups is 1. The fourth-order valence-corrected chi connectivity index (χ4v) is 2.62. The number of piperazine rings is 1. The van der Waals surface area contributed by atoms with E-state index in [4.69, 9.17) is 0 Å². The second-order valence-corrected chi connectivity index (χ2v) is 6.31. The van der Waals surface area contributed by atoms with E-state index in [1.165, 1.54) is 12.1 Å². The molecule has 1 aliphatic rings. The molecule has 1 aliphatic heterocycles. The summed E-state index contributed by atoms with van der Waals surface area (Å²) in [5.74, 6) is 0.558. The molecule has 0 radical (unpaired) electrons. The van der Waals surface area contributed by atoms with Gasteiger partial charge in [-0.25, -0.2) is 9.38 Å². The minimum Gasteiger partial charge on any atom is -0.368 e. The highest BCUT2D eigenvalue weighted by molar-refractivity contribution is 14.0. The van der Waals surface area contributed by atoms with Crippen LogP contribution in [0.25, 0.3) is 0 Å². The van der Waals surface area contributed by atoms with Crippen molar-refractivity contribution in [1.29, 1.82) is 0 Å². The molecule has 0 spiro atoms. The molecule has 0 aromatic heterocycles. The number of benzene rings is 1. The smallest absolute Gasteiger partial charge is 0.243 e. The molecule has 2 rings (SSSR count). The molecular formula is C18H29FIN5O. The minimum atomic E-state index is -0.217. The monoisotopic (exact) mass is 477 g/mol. The lowest BCUT2D eigenvalue weighted by atomic mass is 10.2. The van der Waals surface area contributed by atoms with Crippen LogP contribution < -0.4 is 10.2 Å². The maximum Gasteiger partial charge on any atom is 0.243 e. The third-order valence-corrected chi connectivity index (χ3v) is 4.17. The molecule has 1 fully saturated rings. The summed E-state index contributed by atoms with van der Waals surface area (Å²) in [5, 5.41) is 3.33. The van der Waals surface area contributed by atoms with E-state index in [9.17, 15) is 9.18 Å². The second-order valence-electron chi connectivity index (χ2n) is 6.31. The Morgan fingerprint density at radius 3 is 2.35 bits per heavy atom. The van der Waals surface area contributed by atoms with Gasteiger partial charge in [-0.15, -0.1) is 24.0 Å². The Kier molecular flexibility index (Phi) is 9.68. The molecule has 0 aliphatic carbocycles. The van der Waals surface area contributed by atoms with Crippen molar-refractivity contribution in [2.75, 3.05) is 58.3 Å². The Labute approximate surface area is 172 Å². The Morgan fingerprint density at radius 2 is 1.81 bits per heavy atom. The first kappa shape index (κ1) is 22.5. The molecule has 0 saturated carbocycles. The van der Waals surface area contributed by atoms with Gasteiger partial charge in [0.25, 0.3) is 0 Å².